The lowest BCUT2D eigenvalue weighted by Crippen LogP contribution is -2.38. The zero-order chi connectivity index (χ0) is 17.5. The summed E-state index contributed by atoms with van der Waals surface area (Å²) in [6, 6.07) is 12.0. The molecule has 0 saturated carbocycles. The summed E-state index contributed by atoms with van der Waals surface area (Å²) < 4.78 is 0. The average Bonchev–Trinajstić information content (AvgIpc) is 3.01. The van der Waals surface area contributed by atoms with Gasteiger partial charge in [-0.05, 0) is 30.0 Å². The van der Waals surface area contributed by atoms with Gasteiger partial charge >= 0.3 is 0 Å². The molecule has 2 heterocycles. The molecule has 0 spiro atoms. The zero-order valence-corrected chi connectivity index (χ0v) is 14.5. The number of benzene rings is 1. The number of nitrogens with one attached hydrogen (secondary N) is 1. The molecule has 1 N–H and O–H groups in total. The lowest BCUT2D eigenvalue weighted by atomic mass is 10.1. The van der Waals surface area contributed by atoms with Crippen LogP contribution in [0.1, 0.15) is 24.0 Å². The van der Waals surface area contributed by atoms with Crippen molar-refractivity contribution >= 4 is 11.8 Å². The summed E-state index contributed by atoms with van der Waals surface area (Å²) in [6.07, 6.45) is 6.25. The topological polar surface area (TPSA) is 56.4 Å². The summed E-state index contributed by atoms with van der Waals surface area (Å²) in [5.74, 6) is 0.321. The number of amides is 2. The highest BCUT2D eigenvalue weighted by atomic mass is 16.2. The van der Waals surface area contributed by atoms with Crippen molar-refractivity contribution in [2.24, 2.45) is 0 Å². The molecule has 132 valence electrons. The number of aryl methyl sites for hydroxylation is 1. The third-order valence-electron chi connectivity index (χ3n) is 4.69. The van der Waals surface area contributed by atoms with Crippen molar-refractivity contribution in [3.05, 3.63) is 59.9 Å². The summed E-state index contributed by atoms with van der Waals surface area (Å²) in [6.45, 7) is 2.72. The predicted octanol–water partition coefficient (Wildman–Crippen LogP) is 2.25. The first-order valence-electron chi connectivity index (χ1n) is 8.93. The van der Waals surface area contributed by atoms with Crippen LogP contribution in [0, 0.1) is 0 Å². The van der Waals surface area contributed by atoms with Gasteiger partial charge in [0.25, 0.3) is 0 Å². The van der Waals surface area contributed by atoms with Crippen molar-refractivity contribution in [2.45, 2.75) is 25.7 Å². The standard InChI is InChI=1S/C20H25N3O2/c24-19(8-7-17-5-2-1-3-6-17)22-11-4-12-23(14-13-22)20(25)15-18-9-10-21-16-18/h1-3,5-6,9-10,16,21H,4,7-8,11-15H2. The smallest absolute Gasteiger partial charge is 0.227 e. The molecule has 1 aromatic heterocycles. The van der Waals surface area contributed by atoms with Gasteiger partial charge in [-0.2, -0.15) is 0 Å². The van der Waals surface area contributed by atoms with E-state index in [-0.39, 0.29) is 11.8 Å². The minimum absolute atomic E-state index is 0.137. The van der Waals surface area contributed by atoms with Gasteiger partial charge in [-0.25, -0.2) is 0 Å². The van der Waals surface area contributed by atoms with Crippen LogP contribution in [0.25, 0.3) is 0 Å². The van der Waals surface area contributed by atoms with Crippen LogP contribution in [0.2, 0.25) is 0 Å². The first-order chi connectivity index (χ1) is 12.2. The lowest BCUT2D eigenvalue weighted by Gasteiger charge is -2.22. The third kappa shape index (κ3) is 4.95. The van der Waals surface area contributed by atoms with Crippen LogP contribution < -0.4 is 0 Å². The van der Waals surface area contributed by atoms with Crippen molar-refractivity contribution < 1.29 is 9.59 Å². The summed E-state index contributed by atoms with van der Waals surface area (Å²) in [5.41, 5.74) is 2.19. The Labute approximate surface area is 148 Å². The number of carbonyl (C=O) groups is 2. The van der Waals surface area contributed by atoms with Crippen LogP contribution in [0.3, 0.4) is 0 Å². The number of H-pyrrole nitrogens is 1. The van der Waals surface area contributed by atoms with Crippen LogP contribution in [0.5, 0.6) is 0 Å². The van der Waals surface area contributed by atoms with E-state index in [1.54, 1.807) is 0 Å². The molecule has 0 aliphatic carbocycles. The number of hydrogen-bond donors (Lipinski definition) is 1. The molecule has 0 unspecified atom stereocenters. The Bertz CT molecular complexity index is 682. The number of carbonyl (C=O) groups excluding carboxylic acids is 2. The molecule has 25 heavy (non-hydrogen) atoms. The highest BCUT2D eigenvalue weighted by Gasteiger charge is 2.22. The second-order valence-electron chi connectivity index (χ2n) is 6.50. The van der Waals surface area contributed by atoms with Crippen molar-refractivity contribution in [2.75, 3.05) is 26.2 Å². The SMILES string of the molecule is O=C(CCc1ccccc1)N1CCCN(C(=O)Cc2cc[nH]c2)CC1. The minimum atomic E-state index is 0.137. The number of rotatable bonds is 5. The molecule has 1 aromatic carbocycles. The Morgan fingerprint density at radius 1 is 0.880 bits per heavy atom. The van der Waals surface area contributed by atoms with Crippen LogP contribution in [-0.4, -0.2) is 52.8 Å². The van der Waals surface area contributed by atoms with E-state index in [1.165, 1.54) is 5.56 Å². The Morgan fingerprint density at radius 2 is 1.60 bits per heavy atom. The first-order valence-corrected chi connectivity index (χ1v) is 8.93. The van der Waals surface area contributed by atoms with E-state index in [1.807, 2.05) is 46.5 Å². The Balaban J connectivity index is 1.47. The molecule has 1 fully saturated rings. The van der Waals surface area contributed by atoms with Gasteiger partial charge in [0.1, 0.15) is 0 Å². The molecule has 1 saturated heterocycles. The van der Waals surface area contributed by atoms with Crippen LogP contribution in [0.15, 0.2) is 48.8 Å². The first kappa shape index (κ1) is 17.3. The van der Waals surface area contributed by atoms with Crippen molar-refractivity contribution in [3.63, 3.8) is 0 Å². The van der Waals surface area contributed by atoms with Gasteiger partial charge in [-0.3, -0.25) is 9.59 Å². The van der Waals surface area contributed by atoms with E-state index in [4.69, 9.17) is 0 Å². The molecule has 5 heteroatoms. The van der Waals surface area contributed by atoms with Gasteiger partial charge in [0, 0.05) is 45.0 Å². The van der Waals surface area contributed by atoms with Crippen LogP contribution in [-0.2, 0) is 22.4 Å². The maximum absolute atomic E-state index is 12.5. The van der Waals surface area contributed by atoms with Gasteiger partial charge in [0.05, 0.1) is 6.42 Å². The molecular formula is C20H25N3O2. The Hall–Kier alpha value is -2.56. The van der Waals surface area contributed by atoms with E-state index in [0.717, 1.165) is 31.5 Å². The number of aromatic nitrogens is 1. The van der Waals surface area contributed by atoms with Gasteiger partial charge in [-0.1, -0.05) is 30.3 Å². The van der Waals surface area contributed by atoms with E-state index < -0.39 is 0 Å². The fraction of sp³-hybridized carbons (Fsp3) is 0.400. The molecular weight excluding hydrogens is 314 g/mol. The van der Waals surface area contributed by atoms with E-state index >= 15 is 0 Å². The largest absolute Gasteiger partial charge is 0.367 e. The maximum Gasteiger partial charge on any atom is 0.227 e. The minimum Gasteiger partial charge on any atom is -0.367 e. The second kappa shape index (κ2) is 8.51. The fourth-order valence-corrected chi connectivity index (χ4v) is 3.23. The van der Waals surface area contributed by atoms with Crippen LogP contribution >= 0.6 is 0 Å². The van der Waals surface area contributed by atoms with Gasteiger partial charge in [0.2, 0.25) is 11.8 Å². The molecule has 2 aromatic rings. The summed E-state index contributed by atoms with van der Waals surface area (Å²) in [7, 11) is 0. The normalized spacial score (nSPS) is 15.0. The molecule has 0 bridgehead atoms. The number of aromatic amines is 1. The highest BCUT2D eigenvalue weighted by molar-refractivity contribution is 5.79. The molecule has 1 aliphatic heterocycles. The quantitative estimate of drug-likeness (QED) is 0.908. The third-order valence-corrected chi connectivity index (χ3v) is 4.69. The fourth-order valence-electron chi connectivity index (χ4n) is 3.23. The van der Waals surface area contributed by atoms with Crippen LogP contribution in [0.4, 0.5) is 0 Å². The average molecular weight is 339 g/mol. The second-order valence-corrected chi connectivity index (χ2v) is 6.50. The van der Waals surface area contributed by atoms with E-state index in [9.17, 15) is 9.59 Å². The number of hydrogen-bond acceptors (Lipinski definition) is 2. The number of nitrogens with zero attached hydrogens (tertiary/aromatic N) is 2. The summed E-state index contributed by atoms with van der Waals surface area (Å²) in [5, 5.41) is 0. The van der Waals surface area contributed by atoms with Gasteiger partial charge < -0.3 is 14.8 Å². The van der Waals surface area contributed by atoms with E-state index in [0.29, 0.717) is 25.9 Å². The van der Waals surface area contributed by atoms with Crippen molar-refractivity contribution in [1.29, 1.82) is 0 Å². The Morgan fingerprint density at radius 3 is 2.28 bits per heavy atom. The molecule has 0 radical (unpaired) electrons. The van der Waals surface area contributed by atoms with Gasteiger partial charge in [0.15, 0.2) is 0 Å². The Kier molecular flexibility index (Phi) is 5.88. The lowest BCUT2D eigenvalue weighted by molar-refractivity contribution is -0.133. The molecule has 3 rings (SSSR count). The monoisotopic (exact) mass is 339 g/mol. The zero-order valence-electron chi connectivity index (χ0n) is 14.5. The maximum atomic E-state index is 12.5. The van der Waals surface area contributed by atoms with Crippen molar-refractivity contribution in [3.8, 4) is 0 Å². The molecule has 0 atom stereocenters. The highest BCUT2D eigenvalue weighted by Crippen LogP contribution is 2.10. The van der Waals surface area contributed by atoms with Crippen molar-refractivity contribution in [1.82, 2.24) is 14.8 Å². The molecule has 1 aliphatic rings. The summed E-state index contributed by atoms with van der Waals surface area (Å²) in [4.78, 5) is 31.7. The molecule has 5 nitrogen and oxygen atoms in total. The predicted molar refractivity (Wildman–Crippen MR) is 97.0 cm³/mol. The molecule has 2 amide bonds. The van der Waals surface area contributed by atoms with Gasteiger partial charge in [-0.15, -0.1) is 0 Å². The summed E-state index contributed by atoms with van der Waals surface area (Å²) >= 11 is 0. The van der Waals surface area contributed by atoms with E-state index in [2.05, 4.69) is 17.1 Å².